The van der Waals surface area contributed by atoms with Crippen molar-refractivity contribution in [2.24, 2.45) is 5.41 Å². The molecule has 78 valence electrons. The SMILES string of the molecule is CC(C)c1nc(C(=O)C(C)(C)C)cs1. The fraction of sp³-hybridized carbons (Fsp3) is 0.636. The highest BCUT2D eigenvalue weighted by Gasteiger charge is 2.25. The molecule has 0 saturated heterocycles. The third-order valence-electron chi connectivity index (χ3n) is 1.93. The van der Waals surface area contributed by atoms with Gasteiger partial charge in [-0.3, -0.25) is 4.79 Å². The highest BCUT2D eigenvalue weighted by molar-refractivity contribution is 7.09. The predicted octanol–water partition coefficient (Wildman–Crippen LogP) is 3.50. The summed E-state index contributed by atoms with van der Waals surface area (Å²) in [6.07, 6.45) is 0. The predicted molar refractivity (Wildman–Crippen MR) is 60.0 cm³/mol. The molecule has 0 atom stereocenters. The first-order valence-electron chi connectivity index (χ1n) is 4.82. The molecule has 0 bridgehead atoms. The van der Waals surface area contributed by atoms with Crippen LogP contribution < -0.4 is 0 Å². The van der Waals surface area contributed by atoms with Crippen molar-refractivity contribution < 1.29 is 4.79 Å². The van der Waals surface area contributed by atoms with Gasteiger partial charge >= 0.3 is 0 Å². The van der Waals surface area contributed by atoms with Crippen LogP contribution in [0, 0.1) is 5.41 Å². The van der Waals surface area contributed by atoms with Crippen molar-refractivity contribution in [1.82, 2.24) is 4.98 Å². The molecule has 0 spiro atoms. The van der Waals surface area contributed by atoms with Gasteiger partial charge in [-0.25, -0.2) is 4.98 Å². The van der Waals surface area contributed by atoms with Crippen LogP contribution in [0.15, 0.2) is 5.38 Å². The quantitative estimate of drug-likeness (QED) is 0.701. The molecule has 0 unspecified atom stereocenters. The lowest BCUT2D eigenvalue weighted by molar-refractivity contribution is 0.0853. The Balaban J connectivity index is 2.93. The molecule has 14 heavy (non-hydrogen) atoms. The van der Waals surface area contributed by atoms with Gasteiger partial charge in [-0.2, -0.15) is 0 Å². The summed E-state index contributed by atoms with van der Waals surface area (Å²) in [5.74, 6) is 0.530. The number of hydrogen-bond acceptors (Lipinski definition) is 3. The molecule has 0 amide bonds. The molecular formula is C11H17NOS. The number of rotatable bonds is 2. The highest BCUT2D eigenvalue weighted by Crippen LogP contribution is 2.24. The van der Waals surface area contributed by atoms with Crippen LogP contribution in [0.3, 0.4) is 0 Å². The molecule has 1 aromatic rings. The van der Waals surface area contributed by atoms with Crippen LogP contribution >= 0.6 is 11.3 Å². The van der Waals surface area contributed by atoms with Crippen molar-refractivity contribution in [1.29, 1.82) is 0 Å². The highest BCUT2D eigenvalue weighted by atomic mass is 32.1. The zero-order valence-electron chi connectivity index (χ0n) is 9.42. The van der Waals surface area contributed by atoms with Gasteiger partial charge < -0.3 is 0 Å². The fourth-order valence-corrected chi connectivity index (χ4v) is 1.86. The van der Waals surface area contributed by atoms with E-state index in [1.807, 2.05) is 26.2 Å². The summed E-state index contributed by atoms with van der Waals surface area (Å²) >= 11 is 1.57. The second-order valence-corrected chi connectivity index (χ2v) is 5.69. The Labute approximate surface area is 89.4 Å². The number of hydrogen-bond donors (Lipinski definition) is 0. The fourth-order valence-electron chi connectivity index (χ4n) is 1.04. The zero-order valence-corrected chi connectivity index (χ0v) is 10.2. The number of carbonyl (C=O) groups excluding carboxylic acids is 1. The molecule has 1 heterocycles. The molecule has 0 N–H and O–H groups in total. The lowest BCUT2D eigenvalue weighted by Crippen LogP contribution is -2.20. The molecule has 0 aliphatic heterocycles. The first kappa shape index (κ1) is 11.4. The Morgan fingerprint density at radius 3 is 2.36 bits per heavy atom. The first-order valence-corrected chi connectivity index (χ1v) is 5.70. The second kappa shape index (κ2) is 3.81. The normalized spacial score (nSPS) is 12.1. The minimum atomic E-state index is -0.331. The van der Waals surface area contributed by atoms with Gasteiger partial charge in [0.1, 0.15) is 5.69 Å². The Bertz CT molecular complexity index is 333. The lowest BCUT2D eigenvalue weighted by Gasteiger charge is -2.14. The third kappa shape index (κ3) is 2.41. The summed E-state index contributed by atoms with van der Waals surface area (Å²) in [6, 6.07) is 0. The van der Waals surface area contributed by atoms with E-state index in [-0.39, 0.29) is 11.2 Å². The minimum absolute atomic E-state index is 0.126. The molecule has 0 fully saturated rings. The van der Waals surface area contributed by atoms with E-state index in [9.17, 15) is 4.79 Å². The maximum absolute atomic E-state index is 11.8. The van der Waals surface area contributed by atoms with Crippen molar-refractivity contribution in [3.05, 3.63) is 16.1 Å². The van der Waals surface area contributed by atoms with Gasteiger partial charge in [0.25, 0.3) is 0 Å². The van der Waals surface area contributed by atoms with Crippen LogP contribution in [0.2, 0.25) is 0 Å². The Morgan fingerprint density at radius 2 is 2.00 bits per heavy atom. The van der Waals surface area contributed by atoms with Gasteiger partial charge in [0.05, 0.1) is 5.01 Å². The van der Waals surface area contributed by atoms with Crippen molar-refractivity contribution in [3.8, 4) is 0 Å². The summed E-state index contributed by atoms with van der Waals surface area (Å²) in [5.41, 5.74) is 0.286. The molecule has 0 aliphatic carbocycles. The topological polar surface area (TPSA) is 30.0 Å². The lowest BCUT2D eigenvalue weighted by atomic mass is 9.89. The van der Waals surface area contributed by atoms with E-state index in [2.05, 4.69) is 18.8 Å². The van der Waals surface area contributed by atoms with Gasteiger partial charge in [0.2, 0.25) is 0 Å². The van der Waals surface area contributed by atoms with Crippen LogP contribution in [-0.2, 0) is 0 Å². The number of thiazole rings is 1. The minimum Gasteiger partial charge on any atom is -0.292 e. The van der Waals surface area contributed by atoms with Crippen molar-refractivity contribution in [3.63, 3.8) is 0 Å². The molecular weight excluding hydrogens is 194 g/mol. The number of nitrogens with zero attached hydrogens (tertiary/aromatic N) is 1. The molecule has 0 aromatic carbocycles. The molecule has 1 rings (SSSR count). The van der Waals surface area contributed by atoms with E-state index < -0.39 is 0 Å². The number of carbonyl (C=O) groups is 1. The number of aromatic nitrogens is 1. The monoisotopic (exact) mass is 211 g/mol. The molecule has 1 aromatic heterocycles. The van der Waals surface area contributed by atoms with E-state index >= 15 is 0 Å². The second-order valence-electron chi connectivity index (χ2n) is 4.80. The Morgan fingerprint density at radius 1 is 1.43 bits per heavy atom. The number of Topliss-reactive ketones (excluding diaryl/α,β-unsaturated/α-hetero) is 1. The average Bonchev–Trinajstić information content (AvgIpc) is 2.48. The van der Waals surface area contributed by atoms with Crippen LogP contribution in [0.4, 0.5) is 0 Å². The smallest absolute Gasteiger partial charge is 0.187 e. The van der Waals surface area contributed by atoms with Gasteiger partial charge in [-0.15, -0.1) is 11.3 Å². The third-order valence-corrected chi connectivity index (χ3v) is 3.07. The summed E-state index contributed by atoms with van der Waals surface area (Å²) in [4.78, 5) is 16.2. The van der Waals surface area contributed by atoms with E-state index in [0.29, 0.717) is 11.6 Å². The molecule has 0 saturated carbocycles. The van der Waals surface area contributed by atoms with Gasteiger partial charge in [0, 0.05) is 16.7 Å². The number of ketones is 1. The van der Waals surface area contributed by atoms with Crippen molar-refractivity contribution >= 4 is 17.1 Å². The maximum atomic E-state index is 11.8. The zero-order chi connectivity index (χ0) is 10.9. The summed E-state index contributed by atoms with van der Waals surface area (Å²) < 4.78 is 0. The summed E-state index contributed by atoms with van der Waals surface area (Å²) in [6.45, 7) is 9.94. The van der Waals surface area contributed by atoms with E-state index in [4.69, 9.17) is 0 Å². The van der Waals surface area contributed by atoms with Gasteiger partial charge in [-0.1, -0.05) is 34.6 Å². The first-order chi connectivity index (χ1) is 6.32. The van der Waals surface area contributed by atoms with Crippen LogP contribution in [0.25, 0.3) is 0 Å². The van der Waals surface area contributed by atoms with Gasteiger partial charge in [-0.05, 0) is 0 Å². The van der Waals surface area contributed by atoms with Gasteiger partial charge in [0.15, 0.2) is 5.78 Å². The average molecular weight is 211 g/mol. The van der Waals surface area contributed by atoms with E-state index in [0.717, 1.165) is 5.01 Å². The Hall–Kier alpha value is -0.700. The Kier molecular flexibility index (Phi) is 3.10. The van der Waals surface area contributed by atoms with Crippen LogP contribution in [0.5, 0.6) is 0 Å². The van der Waals surface area contributed by atoms with Crippen LogP contribution in [-0.4, -0.2) is 10.8 Å². The standard InChI is InChI=1S/C11H17NOS/c1-7(2)10-12-8(6-14-10)9(13)11(3,4)5/h6-7H,1-5H3. The maximum Gasteiger partial charge on any atom is 0.187 e. The summed E-state index contributed by atoms with van der Waals surface area (Å²) in [5, 5.41) is 2.90. The van der Waals surface area contributed by atoms with E-state index in [1.54, 1.807) is 11.3 Å². The van der Waals surface area contributed by atoms with Crippen LogP contribution in [0.1, 0.15) is 56.0 Å². The van der Waals surface area contributed by atoms with Crippen molar-refractivity contribution in [2.45, 2.75) is 40.5 Å². The molecule has 0 aliphatic rings. The molecule has 3 heteroatoms. The molecule has 2 nitrogen and oxygen atoms in total. The summed E-state index contributed by atoms with van der Waals surface area (Å²) in [7, 11) is 0. The van der Waals surface area contributed by atoms with Crippen molar-refractivity contribution in [2.75, 3.05) is 0 Å². The largest absolute Gasteiger partial charge is 0.292 e. The van der Waals surface area contributed by atoms with E-state index in [1.165, 1.54) is 0 Å². The molecule has 0 radical (unpaired) electrons.